The summed E-state index contributed by atoms with van der Waals surface area (Å²) in [6.07, 6.45) is 5.01. The Morgan fingerprint density at radius 1 is 1.54 bits per heavy atom. The topological polar surface area (TPSA) is 45.2 Å². The highest BCUT2D eigenvalue weighted by Gasteiger charge is 2.46. The van der Waals surface area contributed by atoms with Crippen molar-refractivity contribution in [2.75, 3.05) is 19.6 Å². The lowest BCUT2D eigenvalue weighted by molar-refractivity contribution is -0.128. The molecule has 0 radical (unpaired) electrons. The summed E-state index contributed by atoms with van der Waals surface area (Å²) in [5.74, 6) is 0.165. The third-order valence-corrected chi connectivity index (χ3v) is 9.80. The fourth-order valence-electron chi connectivity index (χ4n) is 3.42. The number of carbonyl (C=O) groups excluding carboxylic acids is 1. The molecule has 8 heteroatoms. The Morgan fingerprint density at radius 2 is 2.29 bits per heavy atom. The van der Waals surface area contributed by atoms with Crippen molar-refractivity contribution >= 4 is 71.0 Å². The highest BCUT2D eigenvalue weighted by atomic mass is 127. The van der Waals surface area contributed by atoms with Gasteiger partial charge in [0.15, 0.2) is 0 Å². The minimum absolute atomic E-state index is 0.165. The average Bonchev–Trinajstić information content (AvgIpc) is 2.88. The normalized spacial score (nSPS) is 20.5. The van der Waals surface area contributed by atoms with Gasteiger partial charge in [-0.15, -0.1) is 0 Å². The molecule has 24 heavy (non-hydrogen) atoms. The molecule has 3 heterocycles. The summed E-state index contributed by atoms with van der Waals surface area (Å²) in [7, 11) is 0. The molecule has 0 aliphatic carbocycles. The maximum absolute atomic E-state index is 13.0. The van der Waals surface area contributed by atoms with Crippen LogP contribution in [-0.2, 0) is 11.2 Å². The highest BCUT2D eigenvalue weighted by molar-refractivity contribution is 14.2. The van der Waals surface area contributed by atoms with Crippen LogP contribution in [0.4, 0.5) is 0 Å². The molecule has 1 unspecified atom stereocenters. The molecule has 0 bridgehead atoms. The van der Waals surface area contributed by atoms with Crippen LogP contribution in [0.25, 0.3) is 0 Å². The van der Waals surface area contributed by atoms with E-state index in [0.717, 1.165) is 44.3 Å². The first-order valence-electron chi connectivity index (χ1n) is 7.71. The van der Waals surface area contributed by atoms with Gasteiger partial charge in [0.1, 0.15) is 5.15 Å². The van der Waals surface area contributed by atoms with Gasteiger partial charge >= 0.3 is 0 Å². The van der Waals surface area contributed by atoms with Gasteiger partial charge in [0.05, 0.1) is 10.1 Å². The zero-order chi connectivity index (χ0) is 17.2. The summed E-state index contributed by atoms with van der Waals surface area (Å²) in [6, 6.07) is 3.64. The van der Waals surface area contributed by atoms with Crippen molar-refractivity contribution < 1.29 is 4.79 Å². The van der Waals surface area contributed by atoms with Gasteiger partial charge in [-0.25, -0.2) is 4.98 Å². The van der Waals surface area contributed by atoms with Gasteiger partial charge in [0.2, 0.25) is 5.91 Å². The van der Waals surface area contributed by atoms with E-state index in [9.17, 15) is 4.79 Å². The van der Waals surface area contributed by atoms with E-state index in [1.54, 1.807) is 12.3 Å². The van der Waals surface area contributed by atoms with Gasteiger partial charge in [-0.05, 0) is 55.2 Å². The van der Waals surface area contributed by atoms with Crippen molar-refractivity contribution in [1.29, 1.82) is 0 Å². The van der Waals surface area contributed by atoms with Crippen LogP contribution < -0.4 is 5.32 Å². The number of piperidine rings is 1. The molecule has 2 aliphatic heterocycles. The number of nitrogens with one attached hydrogen (secondary N) is 1. The number of pyridine rings is 1. The third-order valence-electron chi connectivity index (χ3n) is 4.66. The van der Waals surface area contributed by atoms with E-state index < -0.39 is 0 Å². The van der Waals surface area contributed by atoms with E-state index in [2.05, 4.69) is 36.9 Å². The fraction of sp³-hybridized carbons (Fsp3) is 0.438. The molecule has 1 N–H and O–H groups in total. The van der Waals surface area contributed by atoms with Crippen molar-refractivity contribution in [1.82, 2.24) is 15.2 Å². The summed E-state index contributed by atoms with van der Waals surface area (Å²) >= 11 is 8.05. The highest BCUT2D eigenvalue weighted by Crippen LogP contribution is 2.57. The van der Waals surface area contributed by atoms with Crippen LogP contribution in [0, 0.1) is 5.41 Å². The van der Waals surface area contributed by atoms with Crippen LogP contribution in [-0.4, -0.2) is 39.9 Å². The van der Waals surface area contributed by atoms with Gasteiger partial charge in [-0.1, -0.05) is 58.9 Å². The minimum atomic E-state index is -0.374. The molecular formula is C16H19ClI2N3OP. The van der Waals surface area contributed by atoms with Crippen LogP contribution in [0.5, 0.6) is 0 Å². The zero-order valence-corrected chi connectivity index (χ0v) is 19.2. The van der Waals surface area contributed by atoms with Crippen molar-refractivity contribution in [2.45, 2.75) is 19.3 Å². The van der Waals surface area contributed by atoms with Gasteiger partial charge in [0, 0.05) is 18.2 Å². The van der Waals surface area contributed by atoms with E-state index in [4.69, 9.17) is 11.6 Å². The Kier molecular flexibility index (Phi) is 6.68. The van der Waals surface area contributed by atoms with Crippen molar-refractivity contribution in [2.24, 2.45) is 5.41 Å². The van der Waals surface area contributed by atoms with E-state index in [1.807, 2.05) is 11.0 Å². The Balaban J connectivity index is 1.86. The number of aromatic nitrogens is 1. The maximum Gasteiger partial charge on any atom is 0.231 e. The lowest BCUT2D eigenvalue weighted by atomic mass is 9.80. The predicted octanol–water partition coefficient (Wildman–Crippen LogP) is 4.09. The summed E-state index contributed by atoms with van der Waals surface area (Å²) in [5, 5.41) is 5.39. The van der Waals surface area contributed by atoms with E-state index in [1.165, 1.54) is 9.02 Å². The van der Waals surface area contributed by atoms with Gasteiger partial charge in [0.25, 0.3) is 0 Å². The van der Waals surface area contributed by atoms with Gasteiger partial charge in [-0.3, -0.25) is 4.79 Å². The zero-order valence-electron chi connectivity index (χ0n) is 13.1. The average molecular weight is 590 g/mol. The number of halogens is 3. The third kappa shape index (κ3) is 3.87. The molecule has 1 atom stereocenters. The number of hydrogen-bond acceptors (Lipinski definition) is 3. The van der Waals surface area contributed by atoms with Gasteiger partial charge < -0.3 is 10.2 Å². The summed E-state index contributed by atoms with van der Waals surface area (Å²) < 4.78 is 5.47. The Bertz CT molecular complexity index is 692. The Hall–Kier alpha value is 0.370. The first-order chi connectivity index (χ1) is 11.6. The van der Waals surface area contributed by atoms with Crippen molar-refractivity contribution in [3.63, 3.8) is 0 Å². The molecule has 0 aromatic carbocycles. The summed E-state index contributed by atoms with van der Waals surface area (Å²) in [4.78, 5) is 19.0. The van der Waals surface area contributed by atoms with E-state index in [0.29, 0.717) is 11.6 Å². The molecule has 2 aliphatic rings. The molecule has 130 valence electrons. The predicted molar refractivity (Wildman–Crippen MR) is 120 cm³/mol. The molecule has 1 spiro atoms. The first kappa shape index (κ1) is 19.1. The molecule has 1 amide bonds. The van der Waals surface area contributed by atoms with Crippen LogP contribution in [0.1, 0.15) is 18.4 Å². The number of hydrogen-bond donors (Lipinski definition) is 1. The number of amides is 1. The molecule has 1 fully saturated rings. The second kappa shape index (κ2) is 8.37. The number of carbonyl (C=O) groups is 1. The number of rotatable bonds is 4. The van der Waals surface area contributed by atoms with E-state index >= 15 is 0 Å². The quantitative estimate of drug-likeness (QED) is 0.249. The van der Waals surface area contributed by atoms with Crippen LogP contribution >= 0.6 is 60.6 Å². The van der Waals surface area contributed by atoms with E-state index in [-0.39, 0.29) is 32.1 Å². The second-order valence-corrected chi connectivity index (χ2v) is 10.5. The van der Waals surface area contributed by atoms with Crippen molar-refractivity contribution in [3.05, 3.63) is 38.1 Å². The molecule has 0 saturated carbocycles. The lowest BCUT2D eigenvalue weighted by Crippen LogP contribution is -2.41. The minimum Gasteiger partial charge on any atom is -0.317 e. The molecule has 1 aromatic rings. The molecular weight excluding hydrogens is 570 g/mol. The second-order valence-electron chi connectivity index (χ2n) is 6.07. The standard InChI is InChI=1S/C16H19ClI2N3OP/c1-19-15-14(24-18)16(3-6-20-7-4-16)10-22(15)13(23)9-11-2-5-21-12(17)8-11/h2,5,8,20,24H,1,3-4,6-7,9-10H2. The largest absolute Gasteiger partial charge is 0.317 e. The van der Waals surface area contributed by atoms with Gasteiger partial charge in [-0.2, -0.15) is 0 Å². The molecule has 4 nitrogen and oxygen atoms in total. The SMILES string of the molecule is C=IC1=C(PI)C2(CCNCC2)CN1C(=O)Cc1ccnc(Cl)c1. The Labute approximate surface area is 172 Å². The molecule has 1 saturated heterocycles. The van der Waals surface area contributed by atoms with Crippen LogP contribution in [0.15, 0.2) is 27.3 Å². The Morgan fingerprint density at radius 3 is 2.92 bits per heavy atom. The summed E-state index contributed by atoms with van der Waals surface area (Å²) in [6.45, 7) is 2.91. The van der Waals surface area contributed by atoms with Crippen molar-refractivity contribution in [3.8, 4) is 0 Å². The van der Waals surface area contributed by atoms with Crippen LogP contribution in [0.2, 0.25) is 5.15 Å². The number of nitrogens with zero attached hydrogens (tertiary/aromatic N) is 2. The fourth-order valence-corrected chi connectivity index (χ4v) is 11.0. The summed E-state index contributed by atoms with van der Waals surface area (Å²) in [5.41, 5.74) is 1.11. The maximum atomic E-state index is 13.0. The van der Waals surface area contributed by atoms with Crippen LogP contribution in [0.3, 0.4) is 0 Å². The molecule has 1 aromatic heterocycles. The molecule has 3 rings (SSSR count). The smallest absolute Gasteiger partial charge is 0.231 e. The monoisotopic (exact) mass is 589 g/mol. The lowest BCUT2D eigenvalue weighted by Gasteiger charge is -2.36. The first-order valence-corrected chi connectivity index (χ1v) is 14.8.